The van der Waals surface area contributed by atoms with Crippen LogP contribution in [0.4, 0.5) is 0 Å². The van der Waals surface area contributed by atoms with Crippen molar-refractivity contribution in [2.24, 2.45) is 11.8 Å². The van der Waals surface area contributed by atoms with Crippen LogP contribution in [0, 0.1) is 11.8 Å². The lowest BCUT2D eigenvalue weighted by Gasteiger charge is -2.16. The van der Waals surface area contributed by atoms with Gasteiger partial charge in [-0.2, -0.15) is 0 Å². The van der Waals surface area contributed by atoms with Crippen LogP contribution in [-0.2, 0) is 9.59 Å². The lowest BCUT2D eigenvalue weighted by atomic mass is 9.90. The number of Topliss-reactive ketones (excluding diaryl/α,β-unsaturated/α-hetero) is 1. The molecule has 0 spiro atoms. The van der Waals surface area contributed by atoms with E-state index in [0.717, 1.165) is 19.3 Å². The van der Waals surface area contributed by atoms with E-state index in [0.29, 0.717) is 25.7 Å². The zero-order valence-electron chi connectivity index (χ0n) is 15.1. The van der Waals surface area contributed by atoms with Crippen LogP contribution in [-0.4, -0.2) is 39.3 Å². The van der Waals surface area contributed by atoms with Crippen molar-refractivity contribution < 1.29 is 24.9 Å². The Morgan fingerprint density at radius 3 is 2.72 bits per heavy atom. The van der Waals surface area contributed by atoms with E-state index in [1.807, 2.05) is 12.2 Å². The van der Waals surface area contributed by atoms with E-state index in [9.17, 15) is 19.8 Å². The third kappa shape index (κ3) is 8.45. The van der Waals surface area contributed by atoms with Gasteiger partial charge in [0, 0.05) is 24.7 Å². The number of aliphatic hydroxyl groups excluding tert-OH is 2. The molecule has 3 N–H and O–H groups in total. The molecule has 0 bridgehead atoms. The minimum absolute atomic E-state index is 0.0535. The molecule has 1 saturated carbocycles. The summed E-state index contributed by atoms with van der Waals surface area (Å²) in [7, 11) is 0. The van der Waals surface area contributed by atoms with E-state index in [2.05, 4.69) is 6.92 Å². The van der Waals surface area contributed by atoms with E-state index in [4.69, 9.17) is 5.11 Å². The van der Waals surface area contributed by atoms with Gasteiger partial charge in [0.15, 0.2) is 0 Å². The smallest absolute Gasteiger partial charge is 0.303 e. The molecule has 142 valence electrons. The van der Waals surface area contributed by atoms with E-state index in [1.165, 1.54) is 0 Å². The summed E-state index contributed by atoms with van der Waals surface area (Å²) in [6.07, 6.45) is 12.1. The van der Waals surface area contributed by atoms with Crippen LogP contribution in [0.15, 0.2) is 24.3 Å². The Kier molecular flexibility index (Phi) is 10.3. The molecule has 0 aromatic heterocycles. The molecule has 0 aliphatic heterocycles. The van der Waals surface area contributed by atoms with Gasteiger partial charge < -0.3 is 15.3 Å². The highest BCUT2D eigenvalue weighted by Crippen LogP contribution is 2.33. The zero-order valence-corrected chi connectivity index (χ0v) is 15.1. The number of carbonyl (C=O) groups is 2. The van der Waals surface area contributed by atoms with Crippen molar-refractivity contribution in [3.63, 3.8) is 0 Å². The summed E-state index contributed by atoms with van der Waals surface area (Å²) in [4.78, 5) is 22.5. The summed E-state index contributed by atoms with van der Waals surface area (Å²) < 4.78 is 0. The molecule has 0 aromatic rings. The predicted octanol–water partition coefficient (Wildman–Crippen LogP) is 3.25. The average Bonchev–Trinajstić information content (AvgIpc) is 2.82. The molecule has 5 nitrogen and oxygen atoms in total. The quantitative estimate of drug-likeness (QED) is 0.370. The van der Waals surface area contributed by atoms with Gasteiger partial charge in [-0.3, -0.25) is 9.59 Å². The van der Waals surface area contributed by atoms with Gasteiger partial charge in [-0.1, -0.05) is 50.5 Å². The maximum absolute atomic E-state index is 12.1. The minimum atomic E-state index is -0.801. The standard InChI is InChI=1S/C20H32O5/c1-2-3-6-9-15(21)12-13-17-16(18(22)14-19(17)23)10-7-4-5-8-11-20(24)25/h4,7,12-13,15-17,19,21,23H,2-3,5-6,8-11,14H2,1H3,(H,24,25)/b7-4+,13-12?/t15-,16+,17+,19+/m1/s1. The van der Waals surface area contributed by atoms with Gasteiger partial charge in [-0.05, 0) is 25.7 Å². The number of ketones is 1. The third-order valence-corrected chi connectivity index (χ3v) is 4.71. The van der Waals surface area contributed by atoms with E-state index < -0.39 is 18.2 Å². The second-order valence-electron chi connectivity index (χ2n) is 6.86. The summed E-state index contributed by atoms with van der Waals surface area (Å²) in [5.41, 5.74) is 0. The summed E-state index contributed by atoms with van der Waals surface area (Å²) in [5.74, 6) is -1.26. The molecule has 1 aliphatic carbocycles. The number of hydrogen-bond donors (Lipinski definition) is 3. The molecule has 0 amide bonds. The van der Waals surface area contributed by atoms with Crippen molar-refractivity contribution >= 4 is 11.8 Å². The second kappa shape index (κ2) is 12.0. The molecular weight excluding hydrogens is 320 g/mol. The molecule has 4 atom stereocenters. The Hall–Kier alpha value is -1.46. The molecule has 1 aliphatic rings. The molecule has 0 unspecified atom stereocenters. The molecule has 0 aromatic carbocycles. The van der Waals surface area contributed by atoms with Gasteiger partial charge in [0.1, 0.15) is 5.78 Å². The van der Waals surface area contributed by atoms with Crippen LogP contribution in [0.2, 0.25) is 0 Å². The van der Waals surface area contributed by atoms with Crippen molar-refractivity contribution in [1.82, 2.24) is 0 Å². The first kappa shape index (κ1) is 21.6. The summed E-state index contributed by atoms with van der Waals surface area (Å²) in [5, 5.41) is 28.7. The molecule has 0 radical (unpaired) electrons. The largest absolute Gasteiger partial charge is 0.481 e. The number of hydrogen-bond acceptors (Lipinski definition) is 4. The van der Waals surface area contributed by atoms with Crippen molar-refractivity contribution in [2.45, 2.75) is 76.9 Å². The van der Waals surface area contributed by atoms with E-state index >= 15 is 0 Å². The van der Waals surface area contributed by atoms with Crippen LogP contribution in [0.3, 0.4) is 0 Å². The van der Waals surface area contributed by atoms with Crippen LogP contribution in [0.1, 0.15) is 64.7 Å². The van der Waals surface area contributed by atoms with Crippen molar-refractivity contribution in [3.8, 4) is 0 Å². The van der Waals surface area contributed by atoms with Crippen LogP contribution in [0.25, 0.3) is 0 Å². The maximum Gasteiger partial charge on any atom is 0.303 e. The molecule has 0 heterocycles. The Morgan fingerprint density at radius 1 is 1.28 bits per heavy atom. The lowest BCUT2D eigenvalue weighted by Crippen LogP contribution is -2.18. The first-order valence-corrected chi connectivity index (χ1v) is 9.39. The summed E-state index contributed by atoms with van der Waals surface area (Å²) in [6, 6.07) is 0. The van der Waals surface area contributed by atoms with Gasteiger partial charge in [-0.25, -0.2) is 0 Å². The maximum atomic E-state index is 12.1. The number of rotatable bonds is 12. The van der Waals surface area contributed by atoms with Gasteiger partial charge in [0.25, 0.3) is 0 Å². The highest BCUT2D eigenvalue weighted by Gasteiger charge is 2.39. The van der Waals surface area contributed by atoms with Crippen LogP contribution in [0.5, 0.6) is 0 Å². The molecule has 25 heavy (non-hydrogen) atoms. The molecule has 1 fully saturated rings. The third-order valence-electron chi connectivity index (χ3n) is 4.71. The normalized spacial score (nSPS) is 25.2. The molecular formula is C20H32O5. The number of aliphatic hydroxyl groups is 2. The van der Waals surface area contributed by atoms with E-state index in [1.54, 1.807) is 12.2 Å². The highest BCUT2D eigenvalue weighted by atomic mass is 16.4. The number of allylic oxidation sites excluding steroid dienone is 2. The minimum Gasteiger partial charge on any atom is -0.481 e. The van der Waals surface area contributed by atoms with Crippen molar-refractivity contribution in [2.75, 3.05) is 0 Å². The Bertz CT molecular complexity index is 469. The number of unbranched alkanes of at least 4 members (excludes halogenated alkanes) is 3. The first-order chi connectivity index (χ1) is 12.0. The van der Waals surface area contributed by atoms with Crippen molar-refractivity contribution in [1.29, 1.82) is 0 Å². The number of aliphatic carboxylic acids is 1. The fourth-order valence-electron chi connectivity index (χ4n) is 3.22. The van der Waals surface area contributed by atoms with Gasteiger partial charge in [-0.15, -0.1) is 0 Å². The van der Waals surface area contributed by atoms with E-state index in [-0.39, 0.29) is 30.5 Å². The lowest BCUT2D eigenvalue weighted by molar-refractivity contribution is -0.137. The number of carboxylic acid groups (broad SMARTS) is 1. The van der Waals surface area contributed by atoms with Gasteiger partial charge in [0.05, 0.1) is 12.2 Å². The average molecular weight is 352 g/mol. The van der Waals surface area contributed by atoms with Crippen LogP contribution < -0.4 is 0 Å². The summed E-state index contributed by atoms with van der Waals surface area (Å²) in [6.45, 7) is 2.11. The Balaban J connectivity index is 2.48. The highest BCUT2D eigenvalue weighted by molar-refractivity contribution is 5.84. The predicted molar refractivity (Wildman–Crippen MR) is 97.1 cm³/mol. The molecule has 0 saturated heterocycles. The van der Waals surface area contributed by atoms with Gasteiger partial charge in [0.2, 0.25) is 0 Å². The molecule has 1 rings (SSSR count). The summed E-state index contributed by atoms with van der Waals surface area (Å²) >= 11 is 0. The van der Waals surface area contributed by atoms with Crippen LogP contribution >= 0.6 is 0 Å². The topological polar surface area (TPSA) is 94.8 Å². The second-order valence-corrected chi connectivity index (χ2v) is 6.86. The Morgan fingerprint density at radius 2 is 2.04 bits per heavy atom. The zero-order chi connectivity index (χ0) is 18.7. The molecule has 5 heteroatoms. The number of carboxylic acids is 1. The SMILES string of the molecule is CCCCC[C@@H](O)C=C[C@H]1[C@H](C/C=C/CCCC(=O)O)C(=O)C[C@@H]1O. The first-order valence-electron chi connectivity index (χ1n) is 9.39. The Labute approximate surface area is 150 Å². The fourth-order valence-corrected chi connectivity index (χ4v) is 3.22. The fraction of sp³-hybridized carbons (Fsp3) is 0.700. The van der Waals surface area contributed by atoms with Crippen molar-refractivity contribution in [3.05, 3.63) is 24.3 Å². The van der Waals surface area contributed by atoms with Gasteiger partial charge >= 0.3 is 5.97 Å². The number of carbonyl (C=O) groups excluding carboxylic acids is 1. The monoisotopic (exact) mass is 352 g/mol.